The Hall–Kier alpha value is -1.76. The number of nitrogens with zero attached hydrogens (tertiary/aromatic N) is 1. The van der Waals surface area contributed by atoms with Crippen LogP contribution >= 0.6 is 0 Å². The zero-order chi connectivity index (χ0) is 16.2. The maximum Gasteiger partial charge on any atom is 0.422 e. The van der Waals surface area contributed by atoms with E-state index in [0.29, 0.717) is 43.9 Å². The van der Waals surface area contributed by atoms with Gasteiger partial charge in [-0.05, 0) is 24.1 Å². The number of ether oxygens (including phenoxy) is 2. The number of alkyl halides is 3. The first-order valence-corrected chi connectivity index (χ1v) is 7.10. The number of amides is 1. The number of halogens is 3. The molecule has 1 aliphatic rings. The molecule has 0 spiro atoms. The molecule has 0 saturated carbocycles. The highest BCUT2D eigenvalue weighted by Gasteiger charge is 2.29. The lowest BCUT2D eigenvalue weighted by Crippen LogP contribution is -2.40. The van der Waals surface area contributed by atoms with Gasteiger partial charge in [-0.3, -0.25) is 4.79 Å². The summed E-state index contributed by atoms with van der Waals surface area (Å²) in [6.07, 6.45) is -3.88. The van der Waals surface area contributed by atoms with Gasteiger partial charge in [0.15, 0.2) is 6.61 Å². The van der Waals surface area contributed by atoms with Gasteiger partial charge in [0.05, 0.1) is 13.2 Å². The molecule has 0 N–H and O–H groups in total. The van der Waals surface area contributed by atoms with Crippen LogP contribution in [-0.2, 0) is 11.2 Å². The van der Waals surface area contributed by atoms with Crippen LogP contribution in [0.2, 0.25) is 0 Å². The molecule has 0 radical (unpaired) electrons. The van der Waals surface area contributed by atoms with Gasteiger partial charge in [0.2, 0.25) is 0 Å². The van der Waals surface area contributed by atoms with E-state index in [1.807, 2.05) is 6.92 Å². The summed E-state index contributed by atoms with van der Waals surface area (Å²) >= 11 is 0. The standard InChI is InChI=1S/C15H18F3NO3/c1-2-11-3-4-12(9-13(11)22-10-15(16,17)18)14(20)19-5-7-21-8-6-19/h3-4,9H,2,5-8,10H2,1H3. The van der Waals surface area contributed by atoms with Crippen LogP contribution in [0.3, 0.4) is 0 Å². The fourth-order valence-corrected chi connectivity index (χ4v) is 2.22. The van der Waals surface area contributed by atoms with E-state index >= 15 is 0 Å². The highest BCUT2D eigenvalue weighted by atomic mass is 19.4. The smallest absolute Gasteiger partial charge is 0.422 e. The van der Waals surface area contributed by atoms with E-state index in [4.69, 9.17) is 9.47 Å². The highest BCUT2D eigenvalue weighted by Crippen LogP contribution is 2.25. The van der Waals surface area contributed by atoms with Crippen LogP contribution < -0.4 is 4.74 Å². The van der Waals surface area contributed by atoms with E-state index in [1.54, 1.807) is 17.0 Å². The molecular weight excluding hydrogens is 299 g/mol. The van der Waals surface area contributed by atoms with Gasteiger partial charge < -0.3 is 14.4 Å². The largest absolute Gasteiger partial charge is 0.484 e. The summed E-state index contributed by atoms with van der Waals surface area (Å²) in [4.78, 5) is 14.0. The minimum absolute atomic E-state index is 0.110. The van der Waals surface area contributed by atoms with Crippen molar-refractivity contribution in [1.29, 1.82) is 0 Å². The minimum Gasteiger partial charge on any atom is -0.484 e. The van der Waals surface area contributed by atoms with Crippen LogP contribution in [0.25, 0.3) is 0 Å². The normalized spacial score (nSPS) is 15.7. The number of benzene rings is 1. The van der Waals surface area contributed by atoms with E-state index in [1.165, 1.54) is 6.07 Å². The van der Waals surface area contributed by atoms with Crippen molar-refractivity contribution in [3.8, 4) is 5.75 Å². The summed E-state index contributed by atoms with van der Waals surface area (Å²) in [5.41, 5.74) is 0.971. The lowest BCUT2D eigenvalue weighted by Gasteiger charge is -2.27. The zero-order valence-corrected chi connectivity index (χ0v) is 12.3. The van der Waals surface area contributed by atoms with E-state index in [2.05, 4.69) is 0 Å². The summed E-state index contributed by atoms with van der Waals surface area (Å²) in [6.45, 7) is 2.35. The number of rotatable bonds is 4. The molecule has 0 unspecified atom stereocenters. The molecule has 1 aliphatic heterocycles. The number of morpholine rings is 1. The van der Waals surface area contributed by atoms with Crippen molar-refractivity contribution in [3.63, 3.8) is 0 Å². The monoisotopic (exact) mass is 317 g/mol. The predicted octanol–water partition coefficient (Wildman–Crippen LogP) is 2.66. The number of aryl methyl sites for hydroxylation is 1. The molecule has 2 rings (SSSR count). The van der Waals surface area contributed by atoms with E-state index in [9.17, 15) is 18.0 Å². The minimum atomic E-state index is -4.41. The quantitative estimate of drug-likeness (QED) is 0.857. The highest BCUT2D eigenvalue weighted by molar-refractivity contribution is 5.94. The Labute approximate surface area is 126 Å². The summed E-state index contributed by atoms with van der Waals surface area (Å²) < 4.78 is 47.0. The van der Waals surface area contributed by atoms with Gasteiger partial charge >= 0.3 is 6.18 Å². The van der Waals surface area contributed by atoms with Crippen molar-refractivity contribution >= 4 is 5.91 Å². The van der Waals surface area contributed by atoms with Crippen LogP contribution in [0.5, 0.6) is 5.75 Å². The van der Waals surface area contributed by atoms with Crippen molar-refractivity contribution in [1.82, 2.24) is 4.90 Å². The second-order valence-corrected chi connectivity index (χ2v) is 4.98. The molecule has 0 atom stereocenters. The van der Waals surface area contributed by atoms with Gasteiger partial charge in [0.25, 0.3) is 5.91 Å². The van der Waals surface area contributed by atoms with Crippen LogP contribution in [0.1, 0.15) is 22.8 Å². The van der Waals surface area contributed by atoms with Crippen LogP contribution in [0.15, 0.2) is 18.2 Å². The first-order valence-electron chi connectivity index (χ1n) is 7.10. The molecule has 0 aromatic heterocycles. The number of carbonyl (C=O) groups is 1. The van der Waals surface area contributed by atoms with Gasteiger partial charge in [-0.1, -0.05) is 13.0 Å². The maximum absolute atomic E-state index is 12.3. The molecule has 122 valence electrons. The van der Waals surface area contributed by atoms with E-state index in [-0.39, 0.29) is 11.7 Å². The lowest BCUT2D eigenvalue weighted by atomic mass is 10.1. The Kier molecular flexibility index (Phi) is 5.28. The van der Waals surface area contributed by atoms with E-state index in [0.717, 1.165) is 0 Å². The Bertz CT molecular complexity index is 525. The first-order chi connectivity index (χ1) is 10.4. The van der Waals surface area contributed by atoms with Gasteiger partial charge in [0.1, 0.15) is 5.75 Å². The molecule has 0 aliphatic carbocycles. The van der Waals surface area contributed by atoms with Gasteiger partial charge in [-0.2, -0.15) is 13.2 Å². The Morgan fingerprint density at radius 3 is 2.59 bits per heavy atom. The molecule has 4 nitrogen and oxygen atoms in total. The summed E-state index contributed by atoms with van der Waals surface area (Å²) in [7, 11) is 0. The third-order valence-corrected chi connectivity index (χ3v) is 3.38. The summed E-state index contributed by atoms with van der Waals surface area (Å²) in [5, 5.41) is 0. The first kappa shape index (κ1) is 16.6. The molecule has 0 bridgehead atoms. The van der Waals surface area contributed by atoms with Crippen LogP contribution in [0.4, 0.5) is 13.2 Å². The van der Waals surface area contributed by atoms with Crippen molar-refractivity contribution in [2.24, 2.45) is 0 Å². The SMILES string of the molecule is CCc1ccc(C(=O)N2CCOCC2)cc1OCC(F)(F)F. The average Bonchev–Trinajstić information content (AvgIpc) is 2.52. The van der Waals surface area contributed by atoms with Gasteiger partial charge in [-0.25, -0.2) is 0 Å². The Balaban J connectivity index is 2.16. The fraction of sp³-hybridized carbons (Fsp3) is 0.533. The van der Waals surface area contributed by atoms with Gasteiger partial charge in [-0.15, -0.1) is 0 Å². The van der Waals surface area contributed by atoms with E-state index < -0.39 is 12.8 Å². The molecular formula is C15H18F3NO3. The Morgan fingerprint density at radius 1 is 1.32 bits per heavy atom. The second kappa shape index (κ2) is 7.00. The molecule has 7 heteroatoms. The van der Waals surface area contributed by atoms with Gasteiger partial charge in [0, 0.05) is 18.7 Å². The number of hydrogen-bond acceptors (Lipinski definition) is 3. The fourth-order valence-electron chi connectivity index (χ4n) is 2.22. The molecule has 1 heterocycles. The molecule has 1 fully saturated rings. The topological polar surface area (TPSA) is 38.8 Å². The molecule has 22 heavy (non-hydrogen) atoms. The van der Waals surface area contributed by atoms with Crippen molar-refractivity contribution in [2.75, 3.05) is 32.9 Å². The molecule has 1 saturated heterocycles. The zero-order valence-electron chi connectivity index (χ0n) is 12.3. The van der Waals surface area contributed by atoms with Crippen molar-refractivity contribution in [3.05, 3.63) is 29.3 Å². The molecule has 1 amide bonds. The number of hydrogen-bond donors (Lipinski definition) is 0. The lowest BCUT2D eigenvalue weighted by molar-refractivity contribution is -0.153. The Morgan fingerprint density at radius 2 is 2.00 bits per heavy atom. The van der Waals surface area contributed by atoms with Crippen molar-refractivity contribution in [2.45, 2.75) is 19.5 Å². The third-order valence-electron chi connectivity index (χ3n) is 3.38. The van der Waals surface area contributed by atoms with Crippen molar-refractivity contribution < 1.29 is 27.4 Å². The third kappa shape index (κ3) is 4.37. The second-order valence-electron chi connectivity index (χ2n) is 4.98. The summed E-state index contributed by atoms with van der Waals surface area (Å²) in [6, 6.07) is 4.65. The summed E-state index contributed by atoms with van der Waals surface area (Å²) in [5.74, 6) is -0.109. The predicted molar refractivity (Wildman–Crippen MR) is 74.1 cm³/mol. The van der Waals surface area contributed by atoms with Crippen LogP contribution in [-0.4, -0.2) is 49.9 Å². The molecule has 1 aromatic rings. The number of carbonyl (C=O) groups excluding carboxylic acids is 1. The molecule has 1 aromatic carbocycles. The maximum atomic E-state index is 12.3. The van der Waals surface area contributed by atoms with Crippen LogP contribution in [0, 0.1) is 0 Å². The average molecular weight is 317 g/mol.